The van der Waals surface area contributed by atoms with Gasteiger partial charge in [-0.3, -0.25) is 0 Å². The third-order valence-electron chi connectivity index (χ3n) is 1.59. The molecule has 0 aromatic carbocycles. The summed E-state index contributed by atoms with van der Waals surface area (Å²) in [5, 5.41) is 9.61. The molecule has 1 N–H and O–H groups in total. The van der Waals surface area contributed by atoms with Crippen LogP contribution in [0.15, 0.2) is 22.8 Å². The van der Waals surface area contributed by atoms with Gasteiger partial charge in [0.25, 0.3) is 0 Å². The lowest BCUT2D eigenvalue weighted by Gasteiger charge is -1.93. The highest BCUT2D eigenvalue weighted by Gasteiger charge is 2.02. The van der Waals surface area contributed by atoms with Crippen molar-refractivity contribution in [1.29, 1.82) is 5.26 Å². The minimum Gasteiger partial charge on any atom is -0.346 e. The van der Waals surface area contributed by atoms with Gasteiger partial charge in [0, 0.05) is 16.1 Å². The Morgan fingerprint density at radius 2 is 2.42 bits per heavy atom. The molecule has 0 spiro atoms. The molecule has 0 aliphatic rings. The molecule has 2 heterocycles. The number of halogens is 1. The number of aromatic nitrogens is 2. The van der Waals surface area contributed by atoms with Crippen molar-refractivity contribution >= 4 is 27.0 Å². The molecule has 2 aromatic heterocycles. The summed E-state index contributed by atoms with van der Waals surface area (Å²) in [6.45, 7) is 0. The monoisotopic (exact) mass is 221 g/mol. The summed E-state index contributed by atoms with van der Waals surface area (Å²) in [5.41, 5.74) is 1.15. The molecule has 0 aliphatic heterocycles. The molecule has 58 valence electrons. The minimum absolute atomic E-state index is 0.414. The molecule has 0 fully saturated rings. The predicted molar refractivity (Wildman–Crippen MR) is 48.5 cm³/mol. The van der Waals surface area contributed by atoms with Gasteiger partial charge in [-0.25, -0.2) is 4.98 Å². The lowest BCUT2D eigenvalue weighted by molar-refractivity contribution is 1.27. The second-order valence-electron chi connectivity index (χ2n) is 2.34. The molecule has 0 unspecified atom stereocenters. The average molecular weight is 222 g/mol. The quantitative estimate of drug-likeness (QED) is 0.742. The fourth-order valence-electron chi connectivity index (χ4n) is 1.05. The van der Waals surface area contributed by atoms with Gasteiger partial charge in [-0.2, -0.15) is 5.26 Å². The molecular formula is C8H4BrN3. The van der Waals surface area contributed by atoms with Crippen molar-refractivity contribution in [2.45, 2.75) is 0 Å². The van der Waals surface area contributed by atoms with Crippen molar-refractivity contribution in [2.24, 2.45) is 0 Å². The van der Waals surface area contributed by atoms with E-state index in [0.29, 0.717) is 5.69 Å². The van der Waals surface area contributed by atoms with Gasteiger partial charge in [-0.1, -0.05) is 0 Å². The topological polar surface area (TPSA) is 52.5 Å². The normalized spacial score (nSPS) is 10.0. The molecule has 0 amide bonds. The van der Waals surface area contributed by atoms with Gasteiger partial charge in [0.1, 0.15) is 17.4 Å². The molecule has 0 saturated heterocycles. The highest BCUT2D eigenvalue weighted by atomic mass is 79.9. The van der Waals surface area contributed by atoms with Gasteiger partial charge in [0.05, 0.1) is 0 Å². The SMILES string of the molecule is N#Cc1cc(Br)c2cc[nH]c2n1. The van der Waals surface area contributed by atoms with Crippen LogP contribution in [-0.2, 0) is 0 Å². The van der Waals surface area contributed by atoms with E-state index >= 15 is 0 Å². The molecular weight excluding hydrogens is 218 g/mol. The van der Waals surface area contributed by atoms with E-state index in [-0.39, 0.29) is 0 Å². The standard InChI is InChI=1S/C8H4BrN3/c9-7-3-5(4-10)12-8-6(7)1-2-11-8/h1-3H,(H,11,12). The predicted octanol–water partition coefficient (Wildman–Crippen LogP) is 2.20. The first-order valence-electron chi connectivity index (χ1n) is 3.35. The summed E-state index contributed by atoms with van der Waals surface area (Å²) in [6.07, 6.45) is 1.80. The van der Waals surface area contributed by atoms with Crippen LogP contribution < -0.4 is 0 Å². The number of hydrogen-bond acceptors (Lipinski definition) is 2. The summed E-state index contributed by atoms with van der Waals surface area (Å²) < 4.78 is 0.894. The minimum atomic E-state index is 0.414. The maximum absolute atomic E-state index is 8.61. The molecule has 0 bridgehead atoms. The van der Waals surface area contributed by atoms with Gasteiger partial charge < -0.3 is 4.98 Å². The Morgan fingerprint density at radius 1 is 1.58 bits per heavy atom. The van der Waals surface area contributed by atoms with E-state index in [9.17, 15) is 0 Å². The van der Waals surface area contributed by atoms with Gasteiger partial charge in [-0.05, 0) is 28.1 Å². The highest BCUT2D eigenvalue weighted by molar-refractivity contribution is 9.10. The number of aromatic amines is 1. The number of nitrogens with one attached hydrogen (secondary N) is 1. The van der Waals surface area contributed by atoms with Crippen LogP contribution in [0.3, 0.4) is 0 Å². The van der Waals surface area contributed by atoms with Crippen LogP contribution in [0.25, 0.3) is 11.0 Å². The van der Waals surface area contributed by atoms with Crippen LogP contribution >= 0.6 is 15.9 Å². The Labute approximate surface area is 77.2 Å². The van der Waals surface area contributed by atoms with E-state index in [2.05, 4.69) is 25.9 Å². The van der Waals surface area contributed by atoms with E-state index in [4.69, 9.17) is 5.26 Å². The fourth-order valence-corrected chi connectivity index (χ4v) is 1.59. The van der Waals surface area contributed by atoms with E-state index in [1.165, 1.54) is 0 Å². The van der Waals surface area contributed by atoms with Gasteiger partial charge in [-0.15, -0.1) is 0 Å². The number of nitrogens with zero attached hydrogens (tertiary/aromatic N) is 2. The maximum atomic E-state index is 8.61. The Kier molecular flexibility index (Phi) is 1.59. The third kappa shape index (κ3) is 0.990. The number of rotatable bonds is 0. The number of pyridine rings is 1. The first-order chi connectivity index (χ1) is 5.81. The molecule has 0 aliphatic carbocycles. The highest BCUT2D eigenvalue weighted by Crippen LogP contribution is 2.21. The van der Waals surface area contributed by atoms with Crippen LogP contribution in [0.4, 0.5) is 0 Å². The van der Waals surface area contributed by atoms with Crippen LogP contribution in [0.5, 0.6) is 0 Å². The van der Waals surface area contributed by atoms with Crippen molar-refractivity contribution in [2.75, 3.05) is 0 Å². The second kappa shape index (κ2) is 2.61. The molecule has 3 nitrogen and oxygen atoms in total. The number of H-pyrrole nitrogens is 1. The van der Waals surface area contributed by atoms with Crippen LogP contribution in [0.1, 0.15) is 5.69 Å². The Morgan fingerprint density at radius 3 is 3.17 bits per heavy atom. The molecule has 0 radical (unpaired) electrons. The Hall–Kier alpha value is -1.34. The summed E-state index contributed by atoms with van der Waals surface area (Å²) in [6, 6.07) is 5.60. The summed E-state index contributed by atoms with van der Waals surface area (Å²) in [4.78, 5) is 7.01. The molecule has 0 saturated carbocycles. The second-order valence-corrected chi connectivity index (χ2v) is 3.20. The molecule has 2 aromatic rings. The molecule has 12 heavy (non-hydrogen) atoms. The lowest BCUT2D eigenvalue weighted by Crippen LogP contribution is -1.83. The zero-order valence-corrected chi connectivity index (χ0v) is 7.59. The van der Waals surface area contributed by atoms with Crippen LogP contribution in [-0.4, -0.2) is 9.97 Å². The van der Waals surface area contributed by atoms with E-state index in [0.717, 1.165) is 15.5 Å². The summed E-state index contributed by atoms with van der Waals surface area (Å²) >= 11 is 3.36. The number of nitriles is 1. The van der Waals surface area contributed by atoms with Gasteiger partial charge in [0.2, 0.25) is 0 Å². The molecule has 4 heteroatoms. The fraction of sp³-hybridized carbons (Fsp3) is 0. The van der Waals surface area contributed by atoms with E-state index in [1.54, 1.807) is 12.3 Å². The zero-order chi connectivity index (χ0) is 8.55. The summed E-state index contributed by atoms with van der Waals surface area (Å²) in [7, 11) is 0. The van der Waals surface area contributed by atoms with E-state index in [1.807, 2.05) is 12.1 Å². The number of hydrogen-bond donors (Lipinski definition) is 1. The zero-order valence-electron chi connectivity index (χ0n) is 6.00. The average Bonchev–Trinajstić information content (AvgIpc) is 2.52. The Balaban J connectivity index is 2.86. The van der Waals surface area contributed by atoms with Crippen molar-refractivity contribution in [1.82, 2.24) is 9.97 Å². The van der Waals surface area contributed by atoms with Crippen molar-refractivity contribution in [3.8, 4) is 6.07 Å². The first kappa shape index (κ1) is 7.32. The van der Waals surface area contributed by atoms with Crippen molar-refractivity contribution in [3.05, 3.63) is 28.5 Å². The summed E-state index contributed by atoms with van der Waals surface area (Å²) in [5.74, 6) is 0. The van der Waals surface area contributed by atoms with Crippen molar-refractivity contribution < 1.29 is 0 Å². The smallest absolute Gasteiger partial charge is 0.144 e. The Bertz CT molecular complexity index is 467. The maximum Gasteiger partial charge on any atom is 0.144 e. The number of fused-ring (bicyclic) bond motifs is 1. The van der Waals surface area contributed by atoms with Gasteiger partial charge >= 0.3 is 0 Å². The molecule has 2 rings (SSSR count). The third-order valence-corrected chi connectivity index (χ3v) is 2.25. The van der Waals surface area contributed by atoms with E-state index < -0.39 is 0 Å². The van der Waals surface area contributed by atoms with Crippen LogP contribution in [0, 0.1) is 11.3 Å². The van der Waals surface area contributed by atoms with Gasteiger partial charge in [0.15, 0.2) is 0 Å². The lowest BCUT2D eigenvalue weighted by atomic mass is 10.3. The molecule has 0 atom stereocenters. The first-order valence-corrected chi connectivity index (χ1v) is 4.14. The van der Waals surface area contributed by atoms with Crippen LogP contribution in [0.2, 0.25) is 0 Å². The largest absolute Gasteiger partial charge is 0.346 e. The van der Waals surface area contributed by atoms with Crippen molar-refractivity contribution in [3.63, 3.8) is 0 Å².